The van der Waals surface area contributed by atoms with Crippen LogP contribution < -0.4 is 4.74 Å². The highest BCUT2D eigenvalue weighted by Gasteiger charge is 2.71. The van der Waals surface area contributed by atoms with Crippen LogP contribution in [-0.2, 0) is 10.7 Å². The lowest BCUT2D eigenvalue weighted by Crippen LogP contribution is -2.53. The van der Waals surface area contributed by atoms with Gasteiger partial charge in [0.2, 0.25) is 0 Å². The van der Waals surface area contributed by atoms with Crippen molar-refractivity contribution in [1.29, 1.82) is 0 Å². The van der Waals surface area contributed by atoms with Crippen molar-refractivity contribution in [2.24, 2.45) is 0 Å². The lowest BCUT2D eigenvalue weighted by Gasteiger charge is -2.31. The number of nitrogens with zero attached hydrogens (tertiary/aromatic N) is 1. The van der Waals surface area contributed by atoms with E-state index in [2.05, 4.69) is 0 Å². The predicted octanol–water partition coefficient (Wildman–Crippen LogP) is 3.08. The van der Waals surface area contributed by atoms with Crippen LogP contribution >= 0.6 is 0 Å². The summed E-state index contributed by atoms with van der Waals surface area (Å²) in [5.74, 6) is -11.4. The summed E-state index contributed by atoms with van der Waals surface area (Å²) in [4.78, 5) is 12.7. The number of rotatable bonds is 5. The number of likely N-dealkylation sites (N-methyl/N-ethyl adjacent to an activating group) is 1. The fourth-order valence-electron chi connectivity index (χ4n) is 1.99. The van der Waals surface area contributed by atoms with E-state index < -0.39 is 36.0 Å². The highest BCUT2D eigenvalue weighted by atomic mass is 19.4. The summed E-state index contributed by atoms with van der Waals surface area (Å²) in [5.41, 5.74) is -1.45. The zero-order chi connectivity index (χ0) is 19.8. The van der Waals surface area contributed by atoms with Crippen LogP contribution in [0.1, 0.15) is 16.7 Å². The van der Waals surface area contributed by atoms with Gasteiger partial charge in [0, 0.05) is 19.7 Å². The van der Waals surface area contributed by atoms with Gasteiger partial charge in [-0.25, -0.2) is 0 Å². The summed E-state index contributed by atoms with van der Waals surface area (Å²) in [6, 6.07) is 1.14. The van der Waals surface area contributed by atoms with Crippen LogP contribution in [0.25, 0.3) is 0 Å². The molecule has 1 N–H and O–H groups in total. The van der Waals surface area contributed by atoms with E-state index in [1.54, 1.807) is 0 Å². The zero-order valence-corrected chi connectivity index (χ0v) is 13.8. The molecule has 0 bridgehead atoms. The van der Waals surface area contributed by atoms with Crippen LogP contribution in [0.2, 0.25) is 0 Å². The van der Waals surface area contributed by atoms with Crippen LogP contribution in [-0.4, -0.2) is 48.6 Å². The molecule has 1 atom stereocenters. The predicted molar refractivity (Wildman–Crippen MR) is 76.1 cm³/mol. The van der Waals surface area contributed by atoms with Gasteiger partial charge >= 0.3 is 18.0 Å². The van der Waals surface area contributed by atoms with Crippen molar-refractivity contribution in [3.05, 3.63) is 28.8 Å². The van der Waals surface area contributed by atoms with E-state index in [1.807, 2.05) is 0 Å². The molecular weight excluding hydrogens is 356 g/mol. The molecule has 0 aliphatic rings. The van der Waals surface area contributed by atoms with Crippen molar-refractivity contribution in [2.75, 3.05) is 20.7 Å². The Morgan fingerprint density at radius 1 is 1.08 bits per heavy atom. The van der Waals surface area contributed by atoms with Crippen LogP contribution in [0, 0.1) is 13.8 Å². The fourth-order valence-corrected chi connectivity index (χ4v) is 1.99. The molecular formula is C15H17F6NO3. The van der Waals surface area contributed by atoms with Gasteiger partial charge < -0.3 is 14.7 Å². The molecule has 0 heterocycles. The molecule has 4 nitrogen and oxygen atoms in total. The average Bonchev–Trinajstić information content (AvgIpc) is 2.44. The van der Waals surface area contributed by atoms with Crippen molar-refractivity contribution in [3.8, 4) is 5.75 Å². The Bertz CT molecular complexity index is 632. The number of carbonyl (C=O) groups excluding carboxylic acids is 1. The van der Waals surface area contributed by atoms with E-state index in [-0.39, 0.29) is 16.9 Å². The molecule has 10 heteroatoms. The average molecular weight is 373 g/mol. The Balaban J connectivity index is 3.24. The Labute approximate surface area is 140 Å². The first-order valence-corrected chi connectivity index (χ1v) is 6.93. The highest BCUT2D eigenvalue weighted by molar-refractivity contribution is 5.77. The van der Waals surface area contributed by atoms with Crippen LogP contribution in [0.5, 0.6) is 5.75 Å². The second-order valence-corrected chi connectivity index (χ2v) is 5.71. The molecule has 1 unspecified atom stereocenters. The Kier molecular flexibility index (Phi) is 5.68. The SMILES string of the molecule is Cc1cc(C(F)(F)C(O)(F)C(F)(F)F)cc(C)c1OCC(=O)N(C)C. The Hall–Kier alpha value is -1.97. The van der Waals surface area contributed by atoms with Crippen LogP contribution in [0.4, 0.5) is 26.3 Å². The number of halogens is 6. The third-order valence-electron chi connectivity index (χ3n) is 3.45. The number of benzene rings is 1. The van der Waals surface area contributed by atoms with E-state index in [1.165, 1.54) is 32.8 Å². The topological polar surface area (TPSA) is 49.8 Å². The molecule has 1 amide bonds. The molecule has 1 aromatic rings. The van der Waals surface area contributed by atoms with Gasteiger partial charge in [0.25, 0.3) is 5.91 Å². The molecule has 0 aromatic heterocycles. The molecule has 0 aliphatic heterocycles. The third-order valence-corrected chi connectivity index (χ3v) is 3.45. The number of alkyl halides is 6. The second-order valence-electron chi connectivity index (χ2n) is 5.71. The van der Waals surface area contributed by atoms with Gasteiger partial charge in [0.05, 0.1) is 0 Å². The van der Waals surface area contributed by atoms with Gasteiger partial charge in [0.1, 0.15) is 5.75 Å². The molecule has 0 saturated heterocycles. The maximum absolute atomic E-state index is 13.9. The lowest BCUT2D eigenvalue weighted by molar-refractivity contribution is -0.390. The smallest absolute Gasteiger partial charge is 0.455 e. The number of aliphatic hydroxyl groups is 1. The Morgan fingerprint density at radius 3 is 1.88 bits per heavy atom. The lowest BCUT2D eigenvalue weighted by atomic mass is 9.96. The standard InChI is InChI=1S/C15H17F6NO3/c1-8-5-10(13(16,17)14(18,24)15(19,20)21)6-9(2)12(8)25-7-11(23)22(3)4/h5-6,24H,7H2,1-4H3. The van der Waals surface area contributed by atoms with E-state index in [4.69, 9.17) is 9.84 Å². The van der Waals surface area contributed by atoms with Gasteiger partial charge in [-0.3, -0.25) is 4.79 Å². The molecule has 0 aliphatic carbocycles. The molecule has 1 rings (SSSR count). The summed E-state index contributed by atoms with van der Waals surface area (Å²) in [6.45, 7) is 2.07. The van der Waals surface area contributed by atoms with Crippen molar-refractivity contribution in [3.63, 3.8) is 0 Å². The van der Waals surface area contributed by atoms with E-state index in [9.17, 15) is 31.1 Å². The molecule has 0 radical (unpaired) electrons. The highest BCUT2D eigenvalue weighted by Crippen LogP contribution is 2.49. The fraction of sp³-hybridized carbons (Fsp3) is 0.533. The molecule has 0 spiro atoms. The minimum Gasteiger partial charge on any atom is -0.483 e. The molecule has 142 valence electrons. The summed E-state index contributed by atoms with van der Waals surface area (Å²) in [7, 11) is 2.93. The molecule has 0 fully saturated rings. The minimum absolute atomic E-state index is 0.00385. The number of carbonyl (C=O) groups is 1. The van der Waals surface area contributed by atoms with Crippen LogP contribution in [0.15, 0.2) is 12.1 Å². The maximum Gasteiger partial charge on any atom is 0.455 e. The summed E-state index contributed by atoms with van der Waals surface area (Å²) >= 11 is 0. The first-order chi connectivity index (χ1) is 11.1. The molecule has 25 heavy (non-hydrogen) atoms. The monoisotopic (exact) mass is 373 g/mol. The largest absolute Gasteiger partial charge is 0.483 e. The number of amides is 1. The van der Waals surface area contributed by atoms with E-state index >= 15 is 0 Å². The zero-order valence-electron chi connectivity index (χ0n) is 13.8. The molecule has 1 aromatic carbocycles. The van der Waals surface area contributed by atoms with Gasteiger partial charge in [0.15, 0.2) is 6.61 Å². The van der Waals surface area contributed by atoms with Gasteiger partial charge in [-0.15, -0.1) is 0 Å². The third kappa shape index (κ3) is 4.00. The number of ether oxygens (including phenoxy) is 1. The van der Waals surface area contributed by atoms with Gasteiger partial charge in [-0.1, -0.05) is 0 Å². The summed E-state index contributed by atoms with van der Waals surface area (Å²) < 4.78 is 83.6. The first kappa shape index (κ1) is 21.1. The van der Waals surface area contributed by atoms with Crippen LogP contribution in [0.3, 0.4) is 0 Å². The second kappa shape index (κ2) is 6.74. The van der Waals surface area contributed by atoms with Crippen molar-refractivity contribution in [2.45, 2.75) is 31.8 Å². The van der Waals surface area contributed by atoms with E-state index in [0.29, 0.717) is 12.1 Å². The quantitative estimate of drug-likeness (QED) is 0.807. The van der Waals surface area contributed by atoms with Crippen molar-refractivity contribution >= 4 is 5.91 Å². The van der Waals surface area contributed by atoms with Crippen molar-refractivity contribution in [1.82, 2.24) is 4.90 Å². The number of aryl methyl sites for hydroxylation is 2. The van der Waals surface area contributed by atoms with E-state index in [0.717, 1.165) is 0 Å². The van der Waals surface area contributed by atoms with Crippen molar-refractivity contribution < 1.29 is 41.0 Å². The normalized spacial score (nSPS) is 14.8. The molecule has 0 saturated carbocycles. The Morgan fingerprint density at radius 2 is 1.52 bits per heavy atom. The summed E-state index contributed by atoms with van der Waals surface area (Å²) in [6.07, 6.45) is -6.19. The first-order valence-electron chi connectivity index (χ1n) is 6.93. The summed E-state index contributed by atoms with van der Waals surface area (Å²) in [5, 5.41) is 8.70. The number of hydrogen-bond acceptors (Lipinski definition) is 3. The number of hydrogen-bond donors (Lipinski definition) is 1. The minimum atomic E-state index is -6.19. The van der Waals surface area contributed by atoms with Gasteiger partial charge in [-0.2, -0.15) is 26.3 Å². The maximum atomic E-state index is 13.9. The van der Waals surface area contributed by atoms with Gasteiger partial charge in [-0.05, 0) is 37.1 Å².